The lowest BCUT2D eigenvalue weighted by molar-refractivity contribution is -0.0570. The Balaban J connectivity index is 1.51. The number of fused-ring (bicyclic) bond motifs is 2. The maximum absolute atomic E-state index is 13.7. The molecule has 2 aromatic rings. The van der Waals surface area contributed by atoms with Gasteiger partial charge in [0.2, 0.25) is 11.8 Å². The van der Waals surface area contributed by atoms with Crippen LogP contribution >= 0.6 is 0 Å². The van der Waals surface area contributed by atoms with Crippen molar-refractivity contribution in [2.24, 2.45) is 29.1 Å². The fourth-order valence-corrected chi connectivity index (χ4v) is 9.26. The van der Waals surface area contributed by atoms with Crippen molar-refractivity contribution in [3.05, 3.63) is 58.0 Å². The lowest BCUT2D eigenvalue weighted by Gasteiger charge is -2.56. The molecule has 0 amide bonds. The molecule has 1 N–H and O–H groups in total. The number of hydrogen-bond acceptors (Lipinski definition) is 6. The molecular formula is C38H51FN4O3S. The molecule has 1 saturated carbocycles. The van der Waals surface area contributed by atoms with E-state index in [0.717, 1.165) is 73.9 Å². The van der Waals surface area contributed by atoms with E-state index < -0.39 is 16.2 Å². The van der Waals surface area contributed by atoms with Crippen LogP contribution in [0.4, 0.5) is 10.3 Å². The number of aromatic nitrogens is 2. The molecule has 3 aliphatic rings. The number of sulfonamides is 1. The predicted molar refractivity (Wildman–Crippen MR) is 188 cm³/mol. The van der Waals surface area contributed by atoms with E-state index in [1.807, 2.05) is 45.0 Å². The van der Waals surface area contributed by atoms with Gasteiger partial charge in [-0.2, -0.15) is 4.98 Å². The molecule has 0 radical (unpaired) electrons. The number of hydrogen-bond donors (Lipinski definition) is 1. The fourth-order valence-electron chi connectivity index (χ4n) is 8.23. The predicted octanol–water partition coefficient (Wildman–Crippen LogP) is 7.88. The molecule has 5 rings (SSSR count). The fraction of sp³-hybridized carbons (Fsp3) is 0.579. The highest BCUT2D eigenvalue weighted by Gasteiger charge is 2.49. The van der Waals surface area contributed by atoms with Gasteiger partial charge in [-0.3, -0.25) is 0 Å². The summed E-state index contributed by atoms with van der Waals surface area (Å²) < 4.78 is 50.3. The summed E-state index contributed by atoms with van der Waals surface area (Å²) in [6.45, 7) is 15.1. The van der Waals surface area contributed by atoms with E-state index in [1.165, 1.54) is 6.08 Å². The minimum atomic E-state index is -4.09. The number of nitrogens with one attached hydrogen (secondary N) is 1. The van der Waals surface area contributed by atoms with Gasteiger partial charge in [0.25, 0.3) is 10.0 Å². The molecule has 2 bridgehead atoms. The van der Waals surface area contributed by atoms with Gasteiger partial charge in [0, 0.05) is 24.3 Å². The Hall–Kier alpha value is -3.22. The maximum Gasteiger partial charge on any atom is 0.264 e. The van der Waals surface area contributed by atoms with Crippen LogP contribution in [0, 0.1) is 55.3 Å². The highest BCUT2D eigenvalue weighted by Crippen LogP contribution is 2.57. The maximum atomic E-state index is 13.7. The molecule has 9 heteroatoms. The number of alkyl halides is 1. The van der Waals surface area contributed by atoms with Gasteiger partial charge in [-0.25, -0.2) is 22.5 Å². The van der Waals surface area contributed by atoms with E-state index in [2.05, 4.69) is 39.4 Å². The number of piperidine rings is 1. The van der Waals surface area contributed by atoms with Crippen LogP contribution in [-0.4, -0.2) is 55.7 Å². The lowest BCUT2D eigenvalue weighted by atomic mass is 9.52. The molecule has 1 aromatic carbocycles. The Bertz CT molecular complexity index is 1620. The van der Waals surface area contributed by atoms with Gasteiger partial charge >= 0.3 is 0 Å². The summed E-state index contributed by atoms with van der Waals surface area (Å²) in [5.74, 6) is 4.19. The van der Waals surface area contributed by atoms with Crippen molar-refractivity contribution in [2.75, 3.05) is 31.0 Å². The largest absolute Gasteiger partial charge is 0.477 e. The Labute approximate surface area is 281 Å². The summed E-state index contributed by atoms with van der Waals surface area (Å²) in [6, 6.07) is 7.84. The zero-order chi connectivity index (χ0) is 33.9. The molecule has 3 heterocycles. The zero-order valence-electron chi connectivity index (χ0n) is 28.9. The van der Waals surface area contributed by atoms with Crippen LogP contribution in [-0.2, 0) is 10.0 Å². The van der Waals surface area contributed by atoms with E-state index in [-0.39, 0.29) is 16.8 Å². The minimum absolute atomic E-state index is 0.0130. The van der Waals surface area contributed by atoms with Crippen molar-refractivity contribution in [3.8, 4) is 29.5 Å². The van der Waals surface area contributed by atoms with E-state index in [9.17, 15) is 12.8 Å². The van der Waals surface area contributed by atoms with Crippen LogP contribution in [0.2, 0.25) is 0 Å². The van der Waals surface area contributed by atoms with E-state index >= 15 is 0 Å². The van der Waals surface area contributed by atoms with Crippen LogP contribution in [0.5, 0.6) is 5.88 Å². The number of benzene rings is 1. The molecule has 7 nitrogen and oxygen atoms in total. The van der Waals surface area contributed by atoms with Crippen LogP contribution in [0.25, 0.3) is 11.3 Å². The Morgan fingerprint density at radius 3 is 2.45 bits per heavy atom. The van der Waals surface area contributed by atoms with Crippen molar-refractivity contribution in [1.29, 1.82) is 0 Å². The molecule has 2 aliphatic heterocycles. The highest BCUT2D eigenvalue weighted by atomic mass is 32.2. The third kappa shape index (κ3) is 8.45. The Kier molecular flexibility index (Phi) is 10.8. The summed E-state index contributed by atoms with van der Waals surface area (Å²) in [5, 5.41) is 0. The number of allylic oxidation sites excluding steroid dienone is 3. The average molecular weight is 663 g/mol. The molecule has 47 heavy (non-hydrogen) atoms. The molecule has 1 saturated heterocycles. The van der Waals surface area contributed by atoms with Gasteiger partial charge in [-0.05, 0) is 126 Å². The van der Waals surface area contributed by atoms with Crippen molar-refractivity contribution in [3.63, 3.8) is 0 Å². The average Bonchev–Trinajstić information content (AvgIpc) is 2.96. The van der Waals surface area contributed by atoms with Gasteiger partial charge in [0.15, 0.2) is 0 Å². The molecule has 1 aromatic heterocycles. The van der Waals surface area contributed by atoms with Crippen molar-refractivity contribution in [2.45, 2.75) is 86.2 Å². The monoisotopic (exact) mass is 662 g/mol. The van der Waals surface area contributed by atoms with Gasteiger partial charge in [0.1, 0.15) is 6.17 Å². The van der Waals surface area contributed by atoms with Gasteiger partial charge in [-0.1, -0.05) is 43.5 Å². The number of aryl methyl sites for hydroxylation is 2. The third-order valence-corrected chi connectivity index (χ3v) is 11.7. The topological polar surface area (TPSA) is 84.4 Å². The summed E-state index contributed by atoms with van der Waals surface area (Å²) in [4.78, 5) is 11.5. The third-order valence-electron chi connectivity index (χ3n) is 10.4. The molecule has 1 spiro atoms. The first-order valence-corrected chi connectivity index (χ1v) is 18.6. The minimum Gasteiger partial charge on any atom is -0.477 e. The summed E-state index contributed by atoms with van der Waals surface area (Å²) in [7, 11) is -4.09. The standard InChI is InChI=1S/C38H51FN4O3S/c1-8-10-32-18-26(4)19-33(31-21-38(22-31)13-15-43(16-14-38)23-29(7)39)30(17-25(2)3)24-46-35-20-34(36-27(5)11-9-12-28(36)6)40-37(41-35)42-47(32,44)45/h1,9-12,18,20,25,29-31,33H,13-17,19,21-24H2,2-7H3,(H,40,41,42)/b26-18+,32-10+. The molecular weight excluding hydrogens is 612 g/mol. The van der Waals surface area contributed by atoms with E-state index in [1.54, 1.807) is 13.0 Å². The first-order chi connectivity index (χ1) is 22.3. The summed E-state index contributed by atoms with van der Waals surface area (Å²) in [6.07, 6.45) is 14.1. The molecule has 254 valence electrons. The van der Waals surface area contributed by atoms with Crippen LogP contribution in [0.15, 0.2) is 46.9 Å². The first kappa shape index (κ1) is 35.1. The van der Waals surface area contributed by atoms with Gasteiger partial charge in [-0.15, -0.1) is 6.42 Å². The van der Waals surface area contributed by atoms with E-state index in [4.69, 9.17) is 11.2 Å². The molecule has 3 atom stereocenters. The van der Waals surface area contributed by atoms with Crippen molar-refractivity contribution < 1.29 is 17.5 Å². The number of halogens is 1. The quantitative estimate of drug-likeness (QED) is 0.317. The number of likely N-dealkylation sites (tertiary alicyclic amines) is 1. The summed E-state index contributed by atoms with van der Waals surface area (Å²) >= 11 is 0. The number of rotatable bonds is 6. The van der Waals surface area contributed by atoms with Crippen LogP contribution in [0.1, 0.15) is 77.3 Å². The molecule has 3 unspecified atom stereocenters. The van der Waals surface area contributed by atoms with Gasteiger partial charge < -0.3 is 9.64 Å². The second kappa shape index (κ2) is 14.5. The van der Waals surface area contributed by atoms with Crippen LogP contribution in [0.3, 0.4) is 0 Å². The van der Waals surface area contributed by atoms with Crippen molar-refractivity contribution in [1.82, 2.24) is 14.9 Å². The van der Waals surface area contributed by atoms with Crippen LogP contribution < -0.4 is 9.46 Å². The highest BCUT2D eigenvalue weighted by molar-refractivity contribution is 7.96. The second-order valence-electron chi connectivity index (χ2n) is 14.8. The SMILES string of the molecule is C#C/C=C1\C=C(/C)CC(C2CC3(CCN(CC(C)F)CC3)C2)C(CC(C)C)COc2cc(-c3c(C)cccc3C)nc(n2)NS1(=O)=O. The smallest absolute Gasteiger partial charge is 0.264 e. The number of terminal acetylenes is 1. The molecule has 2 fully saturated rings. The number of nitrogens with zero attached hydrogens (tertiary/aromatic N) is 3. The molecule has 1 aliphatic carbocycles. The Morgan fingerprint density at radius 2 is 1.83 bits per heavy atom. The lowest BCUT2D eigenvalue weighted by Crippen LogP contribution is -2.50. The number of ether oxygens (including phenoxy) is 1. The normalized spacial score (nSPS) is 26.0. The van der Waals surface area contributed by atoms with Gasteiger partial charge in [0.05, 0.1) is 17.2 Å². The second-order valence-corrected chi connectivity index (χ2v) is 16.5. The van der Waals surface area contributed by atoms with E-state index in [0.29, 0.717) is 47.9 Å². The van der Waals surface area contributed by atoms with Crippen molar-refractivity contribution >= 4 is 16.0 Å². The first-order valence-electron chi connectivity index (χ1n) is 17.1. The Morgan fingerprint density at radius 1 is 1.15 bits per heavy atom. The number of anilines is 1. The zero-order valence-corrected chi connectivity index (χ0v) is 29.7. The summed E-state index contributed by atoms with van der Waals surface area (Å²) in [5.41, 5.74) is 4.84.